The van der Waals surface area contributed by atoms with Crippen LogP contribution in [0, 0.1) is 5.82 Å². The maximum Gasteiger partial charge on any atom is 0.228 e. The van der Waals surface area contributed by atoms with E-state index in [-0.39, 0.29) is 22.6 Å². The van der Waals surface area contributed by atoms with Crippen LogP contribution in [0.2, 0.25) is 5.15 Å². The van der Waals surface area contributed by atoms with Gasteiger partial charge in [0.15, 0.2) is 16.1 Å². The van der Waals surface area contributed by atoms with Gasteiger partial charge in [0.2, 0.25) is 5.88 Å². The van der Waals surface area contributed by atoms with Crippen molar-refractivity contribution in [3.8, 4) is 5.88 Å². The third kappa shape index (κ3) is 2.38. The van der Waals surface area contributed by atoms with Crippen molar-refractivity contribution in [3.05, 3.63) is 11.0 Å². The Kier molecular flexibility index (Phi) is 3.79. The fraction of sp³-hybridized carbons (Fsp3) is 0.462. The first-order chi connectivity index (χ1) is 10.0. The highest BCUT2D eigenvalue weighted by atomic mass is 35.5. The third-order valence-electron chi connectivity index (χ3n) is 3.62. The molecule has 112 valence electrons. The van der Waals surface area contributed by atoms with Gasteiger partial charge in [-0.1, -0.05) is 23.4 Å². The number of hydrogen-bond acceptors (Lipinski definition) is 6. The molecule has 0 saturated heterocycles. The van der Waals surface area contributed by atoms with Gasteiger partial charge in [-0.2, -0.15) is 4.98 Å². The summed E-state index contributed by atoms with van der Waals surface area (Å²) >= 11 is 7.21. The van der Waals surface area contributed by atoms with Crippen LogP contribution in [0.3, 0.4) is 0 Å². The summed E-state index contributed by atoms with van der Waals surface area (Å²) in [7, 11) is 1.93. The zero-order valence-electron chi connectivity index (χ0n) is 11.9. The zero-order valence-corrected chi connectivity index (χ0v) is 13.4. The Hall–Kier alpha value is -1.34. The van der Waals surface area contributed by atoms with Gasteiger partial charge in [0.05, 0.1) is 6.61 Å². The third-order valence-corrected chi connectivity index (χ3v) is 4.42. The van der Waals surface area contributed by atoms with E-state index in [1.807, 2.05) is 18.2 Å². The Morgan fingerprint density at radius 3 is 2.86 bits per heavy atom. The average Bonchev–Trinajstić information content (AvgIpc) is 2.48. The van der Waals surface area contributed by atoms with Crippen LogP contribution in [-0.4, -0.2) is 40.9 Å². The molecule has 0 saturated carbocycles. The normalized spacial score (nSPS) is 18.3. The lowest BCUT2D eigenvalue weighted by Crippen LogP contribution is -2.33. The fourth-order valence-electron chi connectivity index (χ4n) is 2.26. The smallest absolute Gasteiger partial charge is 0.228 e. The van der Waals surface area contributed by atoms with Crippen LogP contribution < -0.4 is 9.64 Å². The predicted octanol–water partition coefficient (Wildman–Crippen LogP) is 3.15. The molecule has 0 N–H and O–H groups in total. The standard InChI is InChI=1S/C13H14ClFN4OS/c1-6-4-5-20-12-7-9(8(15)10(14)17-12)16-13(21-3)18-11(7)19(6)2/h6H,4-5H2,1-3H3. The summed E-state index contributed by atoms with van der Waals surface area (Å²) < 4.78 is 20.0. The van der Waals surface area contributed by atoms with Crippen LogP contribution in [0.4, 0.5) is 10.2 Å². The zero-order chi connectivity index (χ0) is 15.1. The van der Waals surface area contributed by atoms with Crippen LogP contribution in [0.5, 0.6) is 5.88 Å². The SMILES string of the molecule is CSc1nc2c3c(nc(Cl)c(F)c3n1)OCCC(C)N2C. The predicted molar refractivity (Wildman–Crippen MR) is 82.1 cm³/mol. The molecular weight excluding hydrogens is 315 g/mol. The number of ether oxygens (including phenoxy) is 1. The van der Waals surface area contributed by atoms with Crippen LogP contribution in [0.25, 0.3) is 10.9 Å². The Labute approximate surface area is 130 Å². The van der Waals surface area contributed by atoms with Gasteiger partial charge in [0.1, 0.15) is 16.7 Å². The average molecular weight is 329 g/mol. The van der Waals surface area contributed by atoms with Gasteiger partial charge >= 0.3 is 0 Å². The molecule has 0 aliphatic carbocycles. The largest absolute Gasteiger partial charge is 0.477 e. The van der Waals surface area contributed by atoms with Crippen molar-refractivity contribution >= 4 is 40.1 Å². The molecule has 1 unspecified atom stereocenters. The molecular formula is C13H14ClFN4OS. The van der Waals surface area contributed by atoms with E-state index in [0.717, 1.165) is 6.42 Å². The minimum Gasteiger partial charge on any atom is -0.477 e. The highest BCUT2D eigenvalue weighted by Gasteiger charge is 2.26. The van der Waals surface area contributed by atoms with Gasteiger partial charge in [-0.25, -0.2) is 14.4 Å². The molecule has 5 nitrogen and oxygen atoms in total. The first-order valence-corrected chi connectivity index (χ1v) is 8.09. The van der Waals surface area contributed by atoms with Crippen LogP contribution in [0.15, 0.2) is 5.16 Å². The molecule has 2 aromatic heterocycles. The Bertz CT molecular complexity index is 714. The van der Waals surface area contributed by atoms with Crippen LogP contribution >= 0.6 is 23.4 Å². The molecule has 3 rings (SSSR count). The van der Waals surface area contributed by atoms with Crippen molar-refractivity contribution in [1.82, 2.24) is 15.0 Å². The Balaban J connectivity index is 2.41. The molecule has 0 amide bonds. The molecule has 3 heterocycles. The molecule has 0 fully saturated rings. The van der Waals surface area contributed by atoms with Gasteiger partial charge in [-0.3, -0.25) is 0 Å². The van der Waals surface area contributed by atoms with E-state index in [4.69, 9.17) is 16.3 Å². The van der Waals surface area contributed by atoms with Crippen molar-refractivity contribution in [2.45, 2.75) is 24.5 Å². The number of pyridine rings is 1. The van der Waals surface area contributed by atoms with Crippen LogP contribution in [-0.2, 0) is 0 Å². The summed E-state index contributed by atoms with van der Waals surface area (Å²) in [6.07, 6.45) is 2.66. The molecule has 0 radical (unpaired) electrons. The van der Waals surface area contributed by atoms with Gasteiger partial charge in [0.25, 0.3) is 0 Å². The molecule has 0 aromatic carbocycles. The second kappa shape index (κ2) is 5.46. The summed E-state index contributed by atoms with van der Waals surface area (Å²) in [6, 6.07) is 0.213. The van der Waals surface area contributed by atoms with Crippen molar-refractivity contribution in [1.29, 1.82) is 0 Å². The lowest BCUT2D eigenvalue weighted by molar-refractivity contribution is 0.288. The minimum absolute atomic E-state index is 0.153. The van der Waals surface area contributed by atoms with Gasteiger partial charge in [0, 0.05) is 19.5 Å². The lowest BCUT2D eigenvalue weighted by Gasteiger charge is -2.29. The summed E-state index contributed by atoms with van der Waals surface area (Å²) in [5.41, 5.74) is 0.153. The molecule has 8 heteroatoms. The number of rotatable bonds is 1. The second-order valence-electron chi connectivity index (χ2n) is 4.88. The maximum atomic E-state index is 14.3. The van der Waals surface area contributed by atoms with Gasteiger partial charge in [-0.15, -0.1) is 0 Å². The quantitative estimate of drug-likeness (QED) is 0.455. The molecule has 1 atom stereocenters. The lowest BCUT2D eigenvalue weighted by atomic mass is 10.1. The van der Waals surface area contributed by atoms with Crippen molar-refractivity contribution < 1.29 is 9.13 Å². The molecule has 0 bridgehead atoms. The minimum atomic E-state index is -0.639. The topological polar surface area (TPSA) is 51.1 Å². The fourth-order valence-corrected chi connectivity index (χ4v) is 2.78. The van der Waals surface area contributed by atoms with Gasteiger partial charge < -0.3 is 9.64 Å². The van der Waals surface area contributed by atoms with E-state index < -0.39 is 5.82 Å². The van der Waals surface area contributed by atoms with E-state index in [0.29, 0.717) is 23.0 Å². The number of hydrogen-bond donors (Lipinski definition) is 0. The summed E-state index contributed by atoms with van der Waals surface area (Å²) in [6.45, 7) is 2.56. The molecule has 1 aliphatic rings. The highest BCUT2D eigenvalue weighted by molar-refractivity contribution is 7.98. The monoisotopic (exact) mass is 328 g/mol. The summed E-state index contributed by atoms with van der Waals surface area (Å²) in [5.74, 6) is 0.270. The number of nitrogens with zero attached hydrogens (tertiary/aromatic N) is 4. The molecule has 21 heavy (non-hydrogen) atoms. The van der Waals surface area contributed by atoms with Crippen molar-refractivity contribution in [2.75, 3.05) is 24.8 Å². The molecule has 0 spiro atoms. The number of halogens is 2. The Morgan fingerprint density at radius 2 is 2.14 bits per heavy atom. The maximum absolute atomic E-state index is 14.3. The number of anilines is 1. The summed E-state index contributed by atoms with van der Waals surface area (Å²) in [4.78, 5) is 14.7. The molecule has 2 aromatic rings. The summed E-state index contributed by atoms with van der Waals surface area (Å²) in [5, 5.41) is 0.735. The van der Waals surface area contributed by atoms with E-state index in [9.17, 15) is 4.39 Å². The van der Waals surface area contributed by atoms with Crippen LogP contribution in [0.1, 0.15) is 13.3 Å². The molecule has 1 aliphatic heterocycles. The van der Waals surface area contributed by atoms with E-state index >= 15 is 0 Å². The van der Waals surface area contributed by atoms with Crippen molar-refractivity contribution in [3.63, 3.8) is 0 Å². The Morgan fingerprint density at radius 1 is 1.38 bits per heavy atom. The first kappa shape index (κ1) is 14.6. The van der Waals surface area contributed by atoms with Crippen molar-refractivity contribution in [2.24, 2.45) is 0 Å². The highest BCUT2D eigenvalue weighted by Crippen LogP contribution is 2.37. The van der Waals surface area contributed by atoms with Gasteiger partial charge in [-0.05, 0) is 13.2 Å². The van der Waals surface area contributed by atoms with E-state index in [1.54, 1.807) is 0 Å². The first-order valence-electron chi connectivity index (χ1n) is 6.49. The number of thioether (sulfide) groups is 1. The van der Waals surface area contributed by atoms with E-state index in [1.165, 1.54) is 11.8 Å². The number of aromatic nitrogens is 3. The second-order valence-corrected chi connectivity index (χ2v) is 6.01. The van der Waals surface area contributed by atoms with E-state index in [2.05, 4.69) is 21.9 Å².